The van der Waals surface area contributed by atoms with Crippen molar-refractivity contribution in [2.24, 2.45) is 5.92 Å². The molecule has 1 atom stereocenters. The Kier molecular flexibility index (Phi) is 9.16. The van der Waals surface area contributed by atoms with E-state index in [4.69, 9.17) is 9.47 Å². The highest BCUT2D eigenvalue weighted by atomic mass is 79.9. The van der Waals surface area contributed by atoms with Crippen LogP contribution in [0.1, 0.15) is 13.3 Å². The number of hydrogen-bond acceptors (Lipinski definition) is 7. The zero-order valence-electron chi connectivity index (χ0n) is 13.5. The second-order valence-electron chi connectivity index (χ2n) is 4.66. The van der Waals surface area contributed by atoms with E-state index in [0.717, 1.165) is 16.6 Å². The van der Waals surface area contributed by atoms with Crippen molar-refractivity contribution in [3.05, 3.63) is 40.9 Å². The van der Waals surface area contributed by atoms with Gasteiger partial charge in [0.25, 0.3) is 0 Å². The van der Waals surface area contributed by atoms with Crippen LogP contribution in [-0.2, 0) is 28.7 Å². The lowest BCUT2D eigenvalue weighted by Crippen LogP contribution is -2.23. The normalized spacial score (nSPS) is 11.6. The highest BCUT2D eigenvalue weighted by molar-refractivity contribution is 9.10. The molecule has 0 bridgehead atoms. The summed E-state index contributed by atoms with van der Waals surface area (Å²) in [6, 6.07) is 6.53. The van der Waals surface area contributed by atoms with E-state index in [9.17, 15) is 19.2 Å². The first-order valence-electron chi connectivity index (χ1n) is 7.40. The Hall–Kier alpha value is -2.48. The van der Waals surface area contributed by atoms with Crippen LogP contribution in [0.5, 0.6) is 5.75 Å². The lowest BCUT2D eigenvalue weighted by molar-refractivity contribution is -0.145. The van der Waals surface area contributed by atoms with Gasteiger partial charge in [0.1, 0.15) is 18.0 Å². The second-order valence-corrected chi connectivity index (χ2v) is 5.57. The molecule has 7 nitrogen and oxygen atoms in total. The van der Waals surface area contributed by atoms with Crippen LogP contribution in [0.25, 0.3) is 0 Å². The van der Waals surface area contributed by atoms with Crippen LogP contribution >= 0.6 is 15.9 Å². The molecule has 0 aliphatic heterocycles. The van der Waals surface area contributed by atoms with Gasteiger partial charge in [-0.15, -0.1) is 0 Å². The molecule has 0 aliphatic carbocycles. The average Bonchev–Trinajstić information content (AvgIpc) is 2.59. The summed E-state index contributed by atoms with van der Waals surface area (Å²) in [5.41, 5.74) is 0. The van der Waals surface area contributed by atoms with Gasteiger partial charge in [0, 0.05) is 23.0 Å². The standard InChI is InChI=1S/C17H17BrO7/c1-2-23-15(20)7-8-16(21)24-10-9-12(11-19)17(22)25-14-5-3-13(18)4-6-14/h3-8,11-12H,2,9-10H2,1H3/b8-7-. The third-order valence-electron chi connectivity index (χ3n) is 2.81. The summed E-state index contributed by atoms with van der Waals surface area (Å²) in [5.74, 6) is -2.95. The molecule has 0 aromatic heterocycles. The summed E-state index contributed by atoms with van der Waals surface area (Å²) in [7, 11) is 0. The van der Waals surface area contributed by atoms with Crippen LogP contribution < -0.4 is 4.74 Å². The summed E-state index contributed by atoms with van der Waals surface area (Å²) in [6.07, 6.45) is 2.25. The predicted molar refractivity (Wildman–Crippen MR) is 90.7 cm³/mol. The van der Waals surface area contributed by atoms with E-state index in [-0.39, 0.29) is 19.6 Å². The zero-order valence-corrected chi connectivity index (χ0v) is 15.1. The molecule has 0 saturated carbocycles. The van der Waals surface area contributed by atoms with E-state index < -0.39 is 23.8 Å². The van der Waals surface area contributed by atoms with Gasteiger partial charge in [-0.2, -0.15) is 0 Å². The molecule has 0 amide bonds. The van der Waals surface area contributed by atoms with Crippen molar-refractivity contribution >= 4 is 40.1 Å². The topological polar surface area (TPSA) is 96.0 Å². The molecule has 134 valence electrons. The van der Waals surface area contributed by atoms with Gasteiger partial charge in [0.2, 0.25) is 0 Å². The third kappa shape index (κ3) is 8.25. The van der Waals surface area contributed by atoms with Crippen molar-refractivity contribution in [1.82, 2.24) is 0 Å². The van der Waals surface area contributed by atoms with Gasteiger partial charge >= 0.3 is 17.9 Å². The van der Waals surface area contributed by atoms with E-state index in [2.05, 4.69) is 20.7 Å². The molecule has 0 radical (unpaired) electrons. The van der Waals surface area contributed by atoms with Crippen molar-refractivity contribution in [1.29, 1.82) is 0 Å². The van der Waals surface area contributed by atoms with Crippen molar-refractivity contribution < 1.29 is 33.4 Å². The van der Waals surface area contributed by atoms with Gasteiger partial charge in [-0.25, -0.2) is 9.59 Å². The molecule has 0 N–H and O–H groups in total. The first-order chi connectivity index (χ1) is 12.0. The summed E-state index contributed by atoms with van der Waals surface area (Å²) < 4.78 is 15.3. The molecule has 1 aromatic rings. The lowest BCUT2D eigenvalue weighted by Gasteiger charge is -2.10. The Morgan fingerprint density at radius 1 is 1.08 bits per heavy atom. The first-order valence-corrected chi connectivity index (χ1v) is 8.19. The lowest BCUT2D eigenvalue weighted by atomic mass is 10.1. The van der Waals surface area contributed by atoms with Crippen molar-refractivity contribution in [3.8, 4) is 5.75 Å². The van der Waals surface area contributed by atoms with Crippen molar-refractivity contribution in [2.45, 2.75) is 13.3 Å². The quantitative estimate of drug-likeness (QED) is 0.201. The molecule has 0 spiro atoms. The molecule has 0 fully saturated rings. The fourth-order valence-electron chi connectivity index (χ4n) is 1.60. The number of ether oxygens (including phenoxy) is 3. The van der Waals surface area contributed by atoms with Gasteiger partial charge < -0.3 is 19.0 Å². The number of benzene rings is 1. The van der Waals surface area contributed by atoms with Gasteiger partial charge in [-0.05, 0) is 31.2 Å². The fourth-order valence-corrected chi connectivity index (χ4v) is 1.86. The Balaban J connectivity index is 2.41. The van der Waals surface area contributed by atoms with Crippen LogP contribution in [0.15, 0.2) is 40.9 Å². The maximum Gasteiger partial charge on any atom is 0.331 e. The van der Waals surface area contributed by atoms with Crippen LogP contribution in [0.4, 0.5) is 0 Å². The zero-order chi connectivity index (χ0) is 18.7. The minimum absolute atomic E-state index is 0.0299. The molecular weight excluding hydrogens is 396 g/mol. The Morgan fingerprint density at radius 2 is 1.68 bits per heavy atom. The van der Waals surface area contributed by atoms with E-state index >= 15 is 0 Å². The average molecular weight is 413 g/mol. The van der Waals surface area contributed by atoms with E-state index in [1.807, 2.05) is 0 Å². The summed E-state index contributed by atoms with van der Waals surface area (Å²) in [4.78, 5) is 45.4. The fraction of sp³-hybridized carbons (Fsp3) is 0.294. The largest absolute Gasteiger partial charge is 0.463 e. The van der Waals surface area contributed by atoms with Gasteiger partial charge in [-0.3, -0.25) is 4.79 Å². The highest BCUT2D eigenvalue weighted by Gasteiger charge is 2.20. The van der Waals surface area contributed by atoms with E-state index in [1.54, 1.807) is 31.2 Å². The maximum atomic E-state index is 11.9. The summed E-state index contributed by atoms with van der Waals surface area (Å²) >= 11 is 3.25. The number of carbonyl (C=O) groups is 4. The Morgan fingerprint density at radius 3 is 2.24 bits per heavy atom. The second kappa shape index (κ2) is 11.1. The Bertz CT molecular complexity index is 637. The highest BCUT2D eigenvalue weighted by Crippen LogP contribution is 2.17. The monoisotopic (exact) mass is 412 g/mol. The summed E-state index contributed by atoms with van der Waals surface area (Å²) in [5, 5.41) is 0. The van der Waals surface area contributed by atoms with Crippen LogP contribution in [0, 0.1) is 5.92 Å². The molecule has 0 saturated heterocycles. The van der Waals surface area contributed by atoms with Crippen LogP contribution in [-0.4, -0.2) is 37.4 Å². The van der Waals surface area contributed by atoms with Crippen molar-refractivity contribution in [3.63, 3.8) is 0 Å². The molecular formula is C17H17BrO7. The molecule has 0 heterocycles. The van der Waals surface area contributed by atoms with Gasteiger partial charge in [0.05, 0.1) is 13.2 Å². The molecule has 1 aromatic carbocycles. The van der Waals surface area contributed by atoms with Crippen LogP contribution in [0.3, 0.4) is 0 Å². The minimum atomic E-state index is -1.06. The molecule has 1 rings (SSSR count). The predicted octanol–water partition coefficient (Wildman–Crippen LogP) is 2.22. The molecule has 0 aliphatic rings. The van der Waals surface area contributed by atoms with Crippen molar-refractivity contribution in [2.75, 3.05) is 13.2 Å². The molecule has 25 heavy (non-hydrogen) atoms. The number of rotatable bonds is 9. The SMILES string of the molecule is CCOC(=O)/C=C\C(=O)OCCC(C=O)C(=O)Oc1ccc(Br)cc1. The smallest absolute Gasteiger partial charge is 0.331 e. The Labute approximate surface area is 153 Å². The molecule has 1 unspecified atom stereocenters. The number of halogens is 1. The number of esters is 3. The minimum Gasteiger partial charge on any atom is -0.463 e. The maximum absolute atomic E-state index is 11.9. The van der Waals surface area contributed by atoms with Crippen LogP contribution in [0.2, 0.25) is 0 Å². The number of aldehydes is 1. The third-order valence-corrected chi connectivity index (χ3v) is 3.34. The number of carbonyl (C=O) groups excluding carboxylic acids is 4. The number of hydrogen-bond donors (Lipinski definition) is 0. The van der Waals surface area contributed by atoms with Gasteiger partial charge in [0.15, 0.2) is 0 Å². The first kappa shape index (κ1) is 20.6. The van der Waals surface area contributed by atoms with E-state index in [0.29, 0.717) is 12.0 Å². The van der Waals surface area contributed by atoms with E-state index in [1.165, 1.54) is 0 Å². The van der Waals surface area contributed by atoms with Gasteiger partial charge in [-0.1, -0.05) is 15.9 Å². The summed E-state index contributed by atoms with van der Waals surface area (Å²) in [6.45, 7) is 1.65. The molecule has 8 heteroatoms.